The zero-order valence-corrected chi connectivity index (χ0v) is 12.5. The molecule has 3 rings (SSSR count). The maximum Gasteiger partial charge on any atom is 0.255 e. The Labute approximate surface area is 124 Å². The summed E-state index contributed by atoms with van der Waals surface area (Å²) in [7, 11) is 3.53. The molecule has 2 atom stereocenters. The average molecular weight is 291 g/mol. The number of hydrogen-bond acceptors (Lipinski definition) is 3. The summed E-state index contributed by atoms with van der Waals surface area (Å²) in [5.74, 6) is 0.0455. The molecular weight excluding hydrogens is 270 g/mol. The van der Waals surface area contributed by atoms with Gasteiger partial charge < -0.3 is 19.5 Å². The first-order chi connectivity index (χ1) is 10.0. The van der Waals surface area contributed by atoms with Crippen LogP contribution in [0.4, 0.5) is 0 Å². The maximum atomic E-state index is 12.7. The van der Waals surface area contributed by atoms with Gasteiger partial charge in [0.05, 0.1) is 17.1 Å². The van der Waals surface area contributed by atoms with E-state index in [-0.39, 0.29) is 17.9 Å². The largest absolute Gasteiger partial charge is 0.377 e. The lowest BCUT2D eigenvalue weighted by molar-refractivity contribution is -0.146. The fraction of sp³-hybridized carbons (Fsp3) is 0.600. The third kappa shape index (κ3) is 2.23. The van der Waals surface area contributed by atoms with Crippen LogP contribution in [-0.2, 0) is 9.53 Å². The highest BCUT2D eigenvalue weighted by atomic mass is 16.5. The number of hydrogen-bond donors (Lipinski definition) is 1. The van der Waals surface area contributed by atoms with Crippen LogP contribution in [0.1, 0.15) is 23.2 Å². The molecule has 1 aromatic heterocycles. The Bertz CT molecular complexity index is 540. The molecule has 6 heteroatoms. The van der Waals surface area contributed by atoms with Crippen molar-refractivity contribution in [3.05, 3.63) is 24.0 Å². The Morgan fingerprint density at radius 1 is 1.48 bits per heavy atom. The van der Waals surface area contributed by atoms with Gasteiger partial charge in [-0.25, -0.2) is 0 Å². The molecule has 114 valence electrons. The van der Waals surface area contributed by atoms with Crippen LogP contribution in [0.3, 0.4) is 0 Å². The third-order valence-electron chi connectivity index (χ3n) is 4.58. The number of rotatable bonds is 2. The number of ether oxygens (including phenoxy) is 1. The standard InChI is InChI=1S/C15H21N3O3/c1-17(2)14(20)15-5-8-21-12(15)4-7-18(10-15)13(19)11-3-6-16-9-11/h3,6,9,12,16H,4-5,7-8,10H2,1-2H3/t12-,15-/m1/s1. The molecule has 1 aromatic rings. The molecule has 2 fully saturated rings. The van der Waals surface area contributed by atoms with Gasteiger partial charge in [-0.3, -0.25) is 9.59 Å². The highest BCUT2D eigenvalue weighted by Crippen LogP contribution is 2.42. The second-order valence-electron chi connectivity index (χ2n) is 6.08. The number of fused-ring (bicyclic) bond motifs is 1. The molecule has 0 radical (unpaired) electrons. The van der Waals surface area contributed by atoms with E-state index in [1.54, 1.807) is 42.4 Å². The average Bonchev–Trinajstić information content (AvgIpc) is 3.14. The normalized spacial score (nSPS) is 28.3. The summed E-state index contributed by atoms with van der Waals surface area (Å²) in [5, 5.41) is 0. The fourth-order valence-corrected chi connectivity index (χ4v) is 3.51. The first-order valence-corrected chi connectivity index (χ1v) is 7.30. The summed E-state index contributed by atoms with van der Waals surface area (Å²) in [5.41, 5.74) is 0.0630. The number of aromatic nitrogens is 1. The Kier molecular flexibility index (Phi) is 3.49. The minimum Gasteiger partial charge on any atom is -0.377 e. The molecule has 2 amide bonds. The van der Waals surface area contributed by atoms with Gasteiger partial charge in [-0.05, 0) is 18.9 Å². The van der Waals surface area contributed by atoms with Crippen molar-refractivity contribution in [2.45, 2.75) is 18.9 Å². The van der Waals surface area contributed by atoms with E-state index in [0.29, 0.717) is 31.7 Å². The fourth-order valence-electron chi connectivity index (χ4n) is 3.51. The summed E-state index contributed by atoms with van der Waals surface area (Å²) in [6, 6.07) is 1.76. The smallest absolute Gasteiger partial charge is 0.255 e. The Hall–Kier alpha value is -1.82. The van der Waals surface area contributed by atoms with E-state index in [1.165, 1.54) is 0 Å². The van der Waals surface area contributed by atoms with Gasteiger partial charge in [-0.1, -0.05) is 0 Å². The summed E-state index contributed by atoms with van der Waals surface area (Å²) >= 11 is 0. The van der Waals surface area contributed by atoms with Gasteiger partial charge in [0.25, 0.3) is 5.91 Å². The molecule has 0 saturated carbocycles. The van der Waals surface area contributed by atoms with E-state index >= 15 is 0 Å². The SMILES string of the molecule is CN(C)C(=O)[C@@]12CCO[C@@H]1CCN(C(=O)c1cc[nH]c1)C2. The van der Waals surface area contributed by atoms with Crippen LogP contribution in [0.5, 0.6) is 0 Å². The number of carbonyl (C=O) groups excluding carboxylic acids is 2. The molecule has 1 N–H and O–H groups in total. The summed E-state index contributed by atoms with van der Waals surface area (Å²) in [6.07, 6.45) is 4.77. The zero-order valence-electron chi connectivity index (χ0n) is 12.5. The van der Waals surface area contributed by atoms with E-state index in [4.69, 9.17) is 4.74 Å². The topological polar surface area (TPSA) is 65.6 Å². The first kappa shape index (κ1) is 14.1. The second-order valence-corrected chi connectivity index (χ2v) is 6.08. The number of likely N-dealkylation sites (tertiary alicyclic amines) is 1. The minimum absolute atomic E-state index is 0.0208. The number of amides is 2. The quantitative estimate of drug-likeness (QED) is 0.873. The van der Waals surface area contributed by atoms with E-state index in [1.807, 2.05) is 0 Å². The van der Waals surface area contributed by atoms with Crippen LogP contribution >= 0.6 is 0 Å². The van der Waals surface area contributed by atoms with Crippen molar-refractivity contribution in [1.29, 1.82) is 0 Å². The lowest BCUT2D eigenvalue weighted by Crippen LogP contribution is -2.57. The molecule has 6 nitrogen and oxygen atoms in total. The number of nitrogens with one attached hydrogen (secondary N) is 1. The van der Waals surface area contributed by atoms with Crippen molar-refractivity contribution in [3.8, 4) is 0 Å². The van der Waals surface area contributed by atoms with Gasteiger partial charge in [-0.2, -0.15) is 0 Å². The Morgan fingerprint density at radius 3 is 2.95 bits per heavy atom. The number of H-pyrrole nitrogens is 1. The number of carbonyl (C=O) groups is 2. The first-order valence-electron chi connectivity index (χ1n) is 7.30. The van der Waals surface area contributed by atoms with E-state index in [9.17, 15) is 9.59 Å². The van der Waals surface area contributed by atoms with Crippen LogP contribution in [0.2, 0.25) is 0 Å². The van der Waals surface area contributed by atoms with Crippen molar-refractivity contribution < 1.29 is 14.3 Å². The predicted molar refractivity (Wildman–Crippen MR) is 76.8 cm³/mol. The van der Waals surface area contributed by atoms with Gasteiger partial charge in [-0.15, -0.1) is 0 Å². The van der Waals surface area contributed by atoms with Gasteiger partial charge in [0.2, 0.25) is 5.91 Å². The lowest BCUT2D eigenvalue weighted by Gasteiger charge is -2.43. The van der Waals surface area contributed by atoms with Crippen LogP contribution in [0, 0.1) is 5.41 Å². The van der Waals surface area contributed by atoms with E-state index in [2.05, 4.69) is 4.98 Å². The molecule has 3 heterocycles. The van der Waals surface area contributed by atoms with E-state index in [0.717, 1.165) is 6.42 Å². The molecule has 0 spiro atoms. The van der Waals surface area contributed by atoms with Gasteiger partial charge >= 0.3 is 0 Å². The molecule has 0 bridgehead atoms. The highest BCUT2D eigenvalue weighted by Gasteiger charge is 2.54. The summed E-state index contributed by atoms with van der Waals surface area (Å²) in [6.45, 7) is 1.67. The molecule has 0 unspecified atom stereocenters. The van der Waals surface area contributed by atoms with Crippen molar-refractivity contribution >= 4 is 11.8 Å². The van der Waals surface area contributed by atoms with Crippen molar-refractivity contribution in [2.24, 2.45) is 5.41 Å². The summed E-state index contributed by atoms with van der Waals surface area (Å²) < 4.78 is 5.76. The van der Waals surface area contributed by atoms with Crippen LogP contribution < -0.4 is 0 Å². The second kappa shape index (κ2) is 5.18. The van der Waals surface area contributed by atoms with Crippen LogP contribution in [0.15, 0.2) is 18.5 Å². The Morgan fingerprint density at radius 2 is 2.29 bits per heavy atom. The van der Waals surface area contributed by atoms with Gasteiger partial charge in [0, 0.05) is 46.2 Å². The maximum absolute atomic E-state index is 12.7. The third-order valence-corrected chi connectivity index (χ3v) is 4.58. The van der Waals surface area contributed by atoms with Crippen molar-refractivity contribution in [1.82, 2.24) is 14.8 Å². The molecular formula is C15H21N3O3. The molecule has 21 heavy (non-hydrogen) atoms. The van der Waals surface area contributed by atoms with Crippen molar-refractivity contribution in [3.63, 3.8) is 0 Å². The molecule has 2 aliphatic rings. The number of piperidine rings is 1. The van der Waals surface area contributed by atoms with E-state index < -0.39 is 5.41 Å². The molecule has 0 aromatic carbocycles. The highest BCUT2D eigenvalue weighted by molar-refractivity contribution is 5.95. The summed E-state index contributed by atoms with van der Waals surface area (Å²) in [4.78, 5) is 31.5. The molecule has 2 saturated heterocycles. The van der Waals surface area contributed by atoms with Gasteiger partial charge in [0.1, 0.15) is 0 Å². The minimum atomic E-state index is -0.576. The number of aromatic amines is 1. The molecule has 2 aliphatic heterocycles. The van der Waals surface area contributed by atoms with Gasteiger partial charge in [0.15, 0.2) is 0 Å². The lowest BCUT2D eigenvalue weighted by atomic mass is 9.75. The Balaban J connectivity index is 1.85. The monoisotopic (exact) mass is 291 g/mol. The van der Waals surface area contributed by atoms with Crippen LogP contribution in [0.25, 0.3) is 0 Å². The van der Waals surface area contributed by atoms with Crippen LogP contribution in [-0.4, -0.2) is 66.5 Å². The predicted octanol–water partition coefficient (Wildman–Crippen LogP) is 0.724. The number of nitrogens with zero attached hydrogens (tertiary/aromatic N) is 2. The molecule has 0 aliphatic carbocycles. The zero-order chi connectivity index (χ0) is 15.0. The van der Waals surface area contributed by atoms with Crippen molar-refractivity contribution in [2.75, 3.05) is 33.8 Å².